The van der Waals surface area contributed by atoms with Gasteiger partial charge in [-0.25, -0.2) is 4.79 Å². The molecule has 0 aliphatic rings. The lowest BCUT2D eigenvalue weighted by Crippen LogP contribution is -2.34. The van der Waals surface area contributed by atoms with E-state index in [1.807, 2.05) is 22.6 Å². The third-order valence-electron chi connectivity index (χ3n) is 4.53. The molecule has 0 aliphatic heterocycles. The molecule has 0 fully saturated rings. The van der Waals surface area contributed by atoms with Crippen molar-refractivity contribution >= 4 is 40.5 Å². The Balaban J connectivity index is 1.95. The number of hydrogen-bond acceptors (Lipinski definition) is 9. The van der Waals surface area contributed by atoms with Gasteiger partial charge in [0.2, 0.25) is 5.82 Å². The Morgan fingerprint density at radius 3 is 2.18 bits per heavy atom. The van der Waals surface area contributed by atoms with Crippen LogP contribution in [0, 0.1) is 3.57 Å². The zero-order valence-corrected chi connectivity index (χ0v) is 19.6. The minimum Gasteiger partial charge on any atom is -0.489 e. The maximum Gasteiger partial charge on any atom is 0.336 e. The van der Waals surface area contributed by atoms with E-state index in [9.17, 15) is 19.5 Å². The first kappa shape index (κ1) is 24.9. The molecule has 0 spiro atoms. The normalized spacial score (nSPS) is 10.8. The van der Waals surface area contributed by atoms with Crippen molar-refractivity contribution in [3.05, 3.63) is 63.0 Å². The highest BCUT2D eigenvalue weighted by Gasteiger charge is 2.18. The lowest BCUT2D eigenvalue weighted by atomic mass is 10.1. The summed E-state index contributed by atoms with van der Waals surface area (Å²) in [5.74, 6) is -2.97. The maximum absolute atomic E-state index is 11.6. The fraction of sp³-hybridized carbons (Fsp3) is 0.190. The molecule has 3 rings (SSSR count). The first-order chi connectivity index (χ1) is 16.2. The minimum absolute atomic E-state index is 0.0428. The van der Waals surface area contributed by atoms with Crippen LogP contribution in [-0.4, -0.2) is 71.6 Å². The van der Waals surface area contributed by atoms with Crippen LogP contribution >= 0.6 is 22.6 Å². The first-order valence-corrected chi connectivity index (χ1v) is 10.7. The molecule has 12 nitrogen and oxygen atoms in total. The molecule has 3 N–H and O–H groups in total. The van der Waals surface area contributed by atoms with Crippen molar-refractivity contribution < 1.29 is 34.4 Å². The molecule has 0 radical (unpaired) electrons. The number of benzene rings is 2. The van der Waals surface area contributed by atoms with Crippen LogP contribution in [0.2, 0.25) is 0 Å². The molecular formula is C21H18IN5O7. The number of halogens is 1. The van der Waals surface area contributed by atoms with E-state index in [1.54, 1.807) is 30.3 Å². The minimum atomic E-state index is -1.18. The highest BCUT2D eigenvalue weighted by molar-refractivity contribution is 14.1. The van der Waals surface area contributed by atoms with Gasteiger partial charge in [-0.1, -0.05) is 18.2 Å². The van der Waals surface area contributed by atoms with Crippen molar-refractivity contribution in [2.45, 2.75) is 13.2 Å². The Hall–Kier alpha value is -3.72. The number of aliphatic carboxylic acids is 2. The molecule has 0 unspecified atom stereocenters. The van der Waals surface area contributed by atoms with Crippen molar-refractivity contribution in [1.82, 2.24) is 25.3 Å². The summed E-state index contributed by atoms with van der Waals surface area (Å²) < 4.78 is 6.69. The molecule has 3 aromatic rings. The summed E-state index contributed by atoms with van der Waals surface area (Å²) in [7, 11) is 0. The zero-order valence-electron chi connectivity index (χ0n) is 17.5. The van der Waals surface area contributed by atoms with Crippen LogP contribution in [0.15, 0.2) is 42.7 Å². The highest BCUT2D eigenvalue weighted by Crippen LogP contribution is 2.28. The lowest BCUT2D eigenvalue weighted by molar-refractivity contribution is -0.142. The molecule has 0 bridgehead atoms. The van der Waals surface area contributed by atoms with Crippen molar-refractivity contribution in [3.8, 4) is 17.1 Å². The van der Waals surface area contributed by atoms with Gasteiger partial charge in [0.1, 0.15) is 12.4 Å². The number of hydrogen-bond donors (Lipinski definition) is 3. The van der Waals surface area contributed by atoms with E-state index in [0.717, 1.165) is 3.57 Å². The lowest BCUT2D eigenvalue weighted by Gasteiger charge is -2.21. The van der Waals surface area contributed by atoms with Crippen molar-refractivity contribution in [2.75, 3.05) is 13.1 Å². The number of carboxylic acid groups (broad SMARTS) is 3. The van der Waals surface area contributed by atoms with Gasteiger partial charge in [0, 0.05) is 26.8 Å². The Kier molecular flexibility index (Phi) is 8.37. The second-order valence-corrected chi connectivity index (χ2v) is 8.27. The summed E-state index contributed by atoms with van der Waals surface area (Å²) in [6.45, 7) is -1.13. The van der Waals surface area contributed by atoms with Crippen LogP contribution in [-0.2, 0) is 22.7 Å². The van der Waals surface area contributed by atoms with Gasteiger partial charge in [0.25, 0.3) is 0 Å². The van der Waals surface area contributed by atoms with Crippen LogP contribution in [0.25, 0.3) is 11.4 Å². The van der Waals surface area contributed by atoms with Gasteiger partial charge in [0.05, 0.1) is 18.7 Å². The van der Waals surface area contributed by atoms with E-state index < -0.39 is 31.0 Å². The second kappa shape index (κ2) is 11.4. The van der Waals surface area contributed by atoms with Gasteiger partial charge < -0.3 is 20.1 Å². The second-order valence-electron chi connectivity index (χ2n) is 7.02. The summed E-state index contributed by atoms with van der Waals surface area (Å²) in [5, 5.41) is 43.0. The number of rotatable bonds is 11. The molecule has 0 aliphatic carbocycles. The van der Waals surface area contributed by atoms with Gasteiger partial charge in [-0.2, -0.15) is 0 Å². The Morgan fingerprint density at radius 2 is 1.56 bits per heavy atom. The molecule has 1 aromatic heterocycles. The number of nitrogens with zero attached hydrogens (tertiary/aromatic N) is 5. The predicted molar refractivity (Wildman–Crippen MR) is 124 cm³/mol. The van der Waals surface area contributed by atoms with Crippen LogP contribution in [0.4, 0.5) is 0 Å². The van der Waals surface area contributed by atoms with Crippen molar-refractivity contribution in [3.63, 3.8) is 0 Å². The van der Waals surface area contributed by atoms with Crippen LogP contribution in [0.1, 0.15) is 21.5 Å². The molecular weight excluding hydrogens is 561 g/mol. The monoisotopic (exact) mass is 579 g/mol. The van der Waals surface area contributed by atoms with E-state index in [-0.39, 0.29) is 30.3 Å². The van der Waals surface area contributed by atoms with Crippen LogP contribution in [0.3, 0.4) is 0 Å². The van der Waals surface area contributed by atoms with Gasteiger partial charge in [-0.3, -0.25) is 14.5 Å². The summed E-state index contributed by atoms with van der Waals surface area (Å²) in [5.41, 5.74) is 1.51. The molecule has 13 heteroatoms. The SMILES string of the molecule is O=C(O)CN(CC(=O)O)Cc1ccc(-c2nncnn2)cc1OCc1ccc(I)cc1C(=O)O. The molecule has 0 saturated carbocycles. The van der Waals surface area contributed by atoms with Crippen molar-refractivity contribution in [2.24, 2.45) is 0 Å². The van der Waals surface area contributed by atoms with Gasteiger partial charge in [-0.15, -0.1) is 20.4 Å². The topological polar surface area (TPSA) is 176 Å². The Bertz CT molecular complexity index is 1190. The molecule has 0 amide bonds. The molecule has 176 valence electrons. The predicted octanol–water partition coefficient (Wildman–Crippen LogP) is 1.79. The molecule has 2 aromatic carbocycles. The van der Waals surface area contributed by atoms with E-state index in [0.29, 0.717) is 16.7 Å². The van der Waals surface area contributed by atoms with Gasteiger partial charge in [0.15, 0.2) is 6.33 Å². The average molecular weight is 579 g/mol. The van der Waals surface area contributed by atoms with E-state index in [4.69, 9.17) is 14.9 Å². The van der Waals surface area contributed by atoms with E-state index >= 15 is 0 Å². The van der Waals surface area contributed by atoms with Gasteiger partial charge in [-0.05, 0) is 40.8 Å². The Morgan fingerprint density at radius 1 is 0.912 bits per heavy atom. The first-order valence-electron chi connectivity index (χ1n) is 9.67. The number of carbonyl (C=O) groups is 3. The summed E-state index contributed by atoms with van der Waals surface area (Å²) >= 11 is 2.01. The fourth-order valence-corrected chi connectivity index (χ4v) is 3.59. The zero-order chi connectivity index (χ0) is 24.7. The molecule has 34 heavy (non-hydrogen) atoms. The third kappa shape index (κ3) is 6.89. The summed E-state index contributed by atoms with van der Waals surface area (Å²) in [6.07, 6.45) is 1.18. The van der Waals surface area contributed by atoms with Crippen LogP contribution < -0.4 is 4.74 Å². The number of ether oxygens (including phenoxy) is 1. The molecule has 1 heterocycles. The standard InChI is InChI=1S/C21H18IN5O7/c22-15-4-3-14(16(6-15)21(32)33)10-34-17-5-12(20-25-23-11-24-26-20)1-2-13(17)7-27(8-18(28)29)9-19(30)31/h1-6,11H,7-10H2,(H,28,29)(H,30,31)(H,32,33). The Labute approximate surface area is 206 Å². The summed E-state index contributed by atoms with van der Waals surface area (Å²) in [4.78, 5) is 35.2. The largest absolute Gasteiger partial charge is 0.489 e. The highest BCUT2D eigenvalue weighted by atomic mass is 127. The number of aromatic nitrogens is 4. The summed E-state index contributed by atoms with van der Waals surface area (Å²) in [6, 6.07) is 9.78. The molecule has 0 saturated heterocycles. The fourth-order valence-electron chi connectivity index (χ4n) is 3.10. The smallest absolute Gasteiger partial charge is 0.336 e. The number of aromatic carboxylic acids is 1. The quantitative estimate of drug-likeness (QED) is 0.281. The third-order valence-corrected chi connectivity index (χ3v) is 5.20. The maximum atomic E-state index is 11.6. The average Bonchev–Trinajstić information content (AvgIpc) is 2.78. The number of carboxylic acids is 3. The van der Waals surface area contributed by atoms with Crippen molar-refractivity contribution in [1.29, 1.82) is 0 Å². The van der Waals surface area contributed by atoms with E-state index in [2.05, 4.69) is 20.4 Å². The van der Waals surface area contributed by atoms with Gasteiger partial charge >= 0.3 is 17.9 Å². The molecule has 0 atom stereocenters. The van der Waals surface area contributed by atoms with Crippen LogP contribution in [0.5, 0.6) is 5.75 Å². The van der Waals surface area contributed by atoms with E-state index in [1.165, 1.54) is 17.3 Å².